The molecule has 0 aliphatic heterocycles. The fourth-order valence-corrected chi connectivity index (χ4v) is 9.97. The van der Waals surface area contributed by atoms with E-state index in [2.05, 4.69) is 227 Å². The highest BCUT2D eigenvalue weighted by Gasteiger charge is 2.40. The first-order chi connectivity index (χ1) is 28.8. The van der Waals surface area contributed by atoms with Crippen LogP contribution >= 0.6 is 0 Å². The highest BCUT2D eigenvalue weighted by atomic mass is 15.1. The van der Waals surface area contributed by atoms with Crippen molar-refractivity contribution in [3.05, 3.63) is 216 Å². The van der Waals surface area contributed by atoms with Crippen LogP contribution in [0.4, 0.5) is 17.1 Å². The summed E-state index contributed by atoms with van der Waals surface area (Å²) in [6.45, 7) is 9.50. The number of hydrogen-bond donors (Lipinski definition) is 0. The predicted molar refractivity (Wildman–Crippen MR) is 248 cm³/mol. The third-order valence-corrected chi connectivity index (χ3v) is 13.0. The van der Waals surface area contributed by atoms with Crippen molar-refractivity contribution in [2.45, 2.75) is 38.5 Å². The molecule has 11 rings (SSSR count). The summed E-state index contributed by atoms with van der Waals surface area (Å²) in [4.78, 5) is 8.02. The third-order valence-electron chi connectivity index (χ3n) is 13.0. The van der Waals surface area contributed by atoms with Crippen LogP contribution in [0.15, 0.2) is 194 Å². The molecule has 0 bridgehead atoms. The number of para-hydroxylation sites is 1. The number of rotatable bonds is 6. The molecule has 282 valence electrons. The quantitative estimate of drug-likeness (QED) is 0.168. The lowest BCUT2D eigenvalue weighted by Crippen LogP contribution is -2.18. The second-order valence-electron chi connectivity index (χ2n) is 17.2. The van der Waals surface area contributed by atoms with Gasteiger partial charge >= 0.3 is 0 Å². The van der Waals surface area contributed by atoms with Crippen molar-refractivity contribution in [3.8, 4) is 55.8 Å². The smallest absolute Gasteiger partial charge is 0.0788 e. The van der Waals surface area contributed by atoms with Crippen LogP contribution in [0.1, 0.15) is 49.9 Å². The average molecular weight is 757 g/mol. The van der Waals surface area contributed by atoms with E-state index in [4.69, 9.17) is 4.98 Å². The van der Waals surface area contributed by atoms with Crippen molar-refractivity contribution in [2.75, 3.05) is 4.90 Å². The molecule has 1 heterocycles. The minimum Gasteiger partial charge on any atom is -0.310 e. The molecule has 0 N–H and O–H groups in total. The first-order valence-electron chi connectivity index (χ1n) is 20.7. The standard InChI is InChI=1S/C57H44N2/c1-56(2)48-24-14-12-22-44(48)45-32-31-43(36-50(45)56)59(42-29-27-38(28-30-42)37-17-7-5-8-18-37)53-35-41(34-51-54(53)46-23-13-15-25-49(46)57(51,3)4)55-47(39-19-9-6-10-20-39)33-40-21-11-16-26-52(40)58-55/h5-36H,1-4H3. The number of anilines is 3. The number of pyridine rings is 1. The number of fused-ring (bicyclic) bond motifs is 7. The summed E-state index contributed by atoms with van der Waals surface area (Å²) < 4.78 is 0. The number of nitrogens with zero attached hydrogens (tertiary/aromatic N) is 2. The summed E-state index contributed by atoms with van der Waals surface area (Å²) >= 11 is 0. The highest BCUT2D eigenvalue weighted by Crippen LogP contribution is 2.57. The zero-order valence-corrected chi connectivity index (χ0v) is 33.9. The number of hydrogen-bond acceptors (Lipinski definition) is 2. The molecule has 2 heteroatoms. The molecule has 0 saturated carbocycles. The molecule has 2 nitrogen and oxygen atoms in total. The van der Waals surface area contributed by atoms with Gasteiger partial charge in [0.25, 0.3) is 0 Å². The fraction of sp³-hybridized carbons (Fsp3) is 0.105. The predicted octanol–water partition coefficient (Wildman–Crippen LogP) is 15.3. The molecule has 0 fully saturated rings. The van der Waals surface area contributed by atoms with Gasteiger partial charge in [0.1, 0.15) is 0 Å². The van der Waals surface area contributed by atoms with Gasteiger partial charge in [-0.2, -0.15) is 0 Å². The molecule has 0 radical (unpaired) electrons. The van der Waals surface area contributed by atoms with E-state index in [0.717, 1.165) is 50.3 Å². The zero-order chi connectivity index (χ0) is 39.9. The van der Waals surface area contributed by atoms with Gasteiger partial charge in [-0.05, 0) is 104 Å². The molecule has 0 amide bonds. The second-order valence-corrected chi connectivity index (χ2v) is 17.2. The summed E-state index contributed by atoms with van der Waals surface area (Å²) in [6, 6.07) is 71.2. The van der Waals surface area contributed by atoms with Crippen molar-refractivity contribution in [1.82, 2.24) is 4.98 Å². The van der Waals surface area contributed by atoms with E-state index in [1.165, 1.54) is 55.6 Å². The maximum atomic E-state index is 5.51. The topological polar surface area (TPSA) is 16.1 Å². The summed E-state index contributed by atoms with van der Waals surface area (Å²) in [6.07, 6.45) is 0. The Bertz CT molecular complexity index is 3080. The Morgan fingerprint density at radius 1 is 0.373 bits per heavy atom. The van der Waals surface area contributed by atoms with Crippen LogP contribution < -0.4 is 4.90 Å². The Morgan fingerprint density at radius 3 is 1.68 bits per heavy atom. The van der Waals surface area contributed by atoms with E-state index in [1.807, 2.05) is 0 Å². The van der Waals surface area contributed by atoms with E-state index in [9.17, 15) is 0 Å². The van der Waals surface area contributed by atoms with Gasteiger partial charge in [0.15, 0.2) is 0 Å². The first kappa shape index (κ1) is 35.2. The molecule has 59 heavy (non-hydrogen) atoms. The van der Waals surface area contributed by atoms with Crippen LogP contribution in [-0.2, 0) is 10.8 Å². The molecule has 8 aromatic carbocycles. The molecule has 0 saturated heterocycles. The molecule has 2 aliphatic carbocycles. The lowest BCUT2D eigenvalue weighted by atomic mass is 9.81. The molecular weight excluding hydrogens is 713 g/mol. The van der Waals surface area contributed by atoms with Crippen LogP contribution in [0.2, 0.25) is 0 Å². The lowest BCUT2D eigenvalue weighted by molar-refractivity contribution is 0.660. The Morgan fingerprint density at radius 2 is 0.932 bits per heavy atom. The third kappa shape index (κ3) is 5.51. The molecule has 0 unspecified atom stereocenters. The Balaban J connectivity index is 1.21. The SMILES string of the molecule is CC1(C)c2ccccc2-c2ccc(N(c3ccc(-c4ccccc4)cc3)c3cc(-c4nc5ccccc5cc4-c4ccccc4)cc4c3-c3ccccc3C4(C)C)cc21. The summed E-state index contributed by atoms with van der Waals surface area (Å²) in [5.74, 6) is 0. The van der Waals surface area contributed by atoms with Crippen LogP contribution in [0.3, 0.4) is 0 Å². The van der Waals surface area contributed by atoms with E-state index >= 15 is 0 Å². The zero-order valence-electron chi connectivity index (χ0n) is 33.9. The van der Waals surface area contributed by atoms with E-state index in [-0.39, 0.29) is 10.8 Å². The molecular formula is C57H44N2. The van der Waals surface area contributed by atoms with E-state index < -0.39 is 0 Å². The summed E-state index contributed by atoms with van der Waals surface area (Å²) in [7, 11) is 0. The molecule has 9 aromatic rings. The molecule has 1 aromatic heterocycles. The van der Waals surface area contributed by atoms with Crippen molar-refractivity contribution in [3.63, 3.8) is 0 Å². The lowest BCUT2D eigenvalue weighted by Gasteiger charge is -2.31. The van der Waals surface area contributed by atoms with Crippen molar-refractivity contribution < 1.29 is 0 Å². The Hall–Kier alpha value is -7.03. The largest absolute Gasteiger partial charge is 0.310 e. The van der Waals surface area contributed by atoms with Gasteiger partial charge in [-0.25, -0.2) is 4.98 Å². The summed E-state index contributed by atoms with van der Waals surface area (Å²) in [5, 5.41) is 1.13. The average Bonchev–Trinajstić information content (AvgIpc) is 3.66. The van der Waals surface area contributed by atoms with E-state index in [0.29, 0.717) is 0 Å². The van der Waals surface area contributed by atoms with Crippen LogP contribution in [0.25, 0.3) is 66.7 Å². The van der Waals surface area contributed by atoms with Crippen LogP contribution in [-0.4, -0.2) is 4.98 Å². The minimum absolute atomic E-state index is 0.150. The van der Waals surface area contributed by atoms with Gasteiger partial charge in [-0.1, -0.05) is 173 Å². The van der Waals surface area contributed by atoms with Crippen molar-refractivity contribution in [2.24, 2.45) is 0 Å². The van der Waals surface area contributed by atoms with Crippen LogP contribution in [0.5, 0.6) is 0 Å². The van der Waals surface area contributed by atoms with Gasteiger partial charge in [0.2, 0.25) is 0 Å². The number of aromatic nitrogens is 1. The molecule has 2 aliphatic rings. The second kappa shape index (κ2) is 13.3. The van der Waals surface area contributed by atoms with Crippen molar-refractivity contribution >= 4 is 28.0 Å². The Kier molecular flexibility index (Phi) is 7.90. The Labute approximate surface area is 347 Å². The summed E-state index contributed by atoms with van der Waals surface area (Å²) in [5.41, 5.74) is 21.3. The van der Waals surface area contributed by atoms with E-state index in [1.54, 1.807) is 0 Å². The molecule has 0 atom stereocenters. The number of benzene rings is 8. The van der Waals surface area contributed by atoms with Crippen molar-refractivity contribution in [1.29, 1.82) is 0 Å². The molecule has 0 spiro atoms. The normalized spacial score (nSPS) is 14.0. The maximum absolute atomic E-state index is 5.51. The maximum Gasteiger partial charge on any atom is 0.0788 e. The minimum atomic E-state index is -0.245. The van der Waals surface area contributed by atoms with Gasteiger partial charge < -0.3 is 4.90 Å². The fourth-order valence-electron chi connectivity index (χ4n) is 9.97. The monoisotopic (exact) mass is 756 g/mol. The van der Waals surface area contributed by atoms with Gasteiger partial charge in [-0.3, -0.25) is 0 Å². The van der Waals surface area contributed by atoms with Gasteiger partial charge in [0, 0.05) is 44.3 Å². The van der Waals surface area contributed by atoms with Gasteiger partial charge in [-0.15, -0.1) is 0 Å². The highest BCUT2D eigenvalue weighted by molar-refractivity contribution is 6.00. The van der Waals surface area contributed by atoms with Gasteiger partial charge in [0.05, 0.1) is 16.9 Å². The van der Waals surface area contributed by atoms with Crippen LogP contribution in [0, 0.1) is 0 Å². The first-order valence-corrected chi connectivity index (χ1v) is 20.7.